The fraction of sp³-hybridized carbons (Fsp3) is 0.368. The number of halogens is 2. The van der Waals surface area contributed by atoms with Crippen LogP contribution in [0.15, 0.2) is 23.0 Å². The molecule has 3 heterocycles. The lowest BCUT2D eigenvalue weighted by Crippen LogP contribution is -2.38. The number of H-pyrrole nitrogens is 1. The highest BCUT2D eigenvalue weighted by Gasteiger charge is 2.35. The summed E-state index contributed by atoms with van der Waals surface area (Å²) in [6.45, 7) is 1.57. The summed E-state index contributed by atoms with van der Waals surface area (Å²) in [5.41, 5.74) is 0.0138. The molecule has 0 unspecified atom stereocenters. The van der Waals surface area contributed by atoms with E-state index in [4.69, 9.17) is 23.2 Å². The molecule has 10 heteroatoms. The second-order valence-corrected chi connectivity index (χ2v) is 7.88. The summed E-state index contributed by atoms with van der Waals surface area (Å²) in [6.07, 6.45) is 3.00. The summed E-state index contributed by atoms with van der Waals surface area (Å²) in [4.78, 5) is 47.1. The molecule has 1 aromatic heterocycles. The Hall–Kier alpha value is -2.58. The number of benzene rings is 1. The third kappa shape index (κ3) is 3.95. The van der Waals surface area contributed by atoms with Gasteiger partial charge in [-0.1, -0.05) is 29.3 Å². The molecule has 0 saturated carbocycles. The Bertz CT molecular complexity index is 1030. The summed E-state index contributed by atoms with van der Waals surface area (Å²) in [5.74, 6) is -1.35. The number of aromatic amines is 1. The van der Waals surface area contributed by atoms with Crippen molar-refractivity contribution in [2.75, 3.05) is 28.6 Å². The van der Waals surface area contributed by atoms with Gasteiger partial charge in [0.2, 0.25) is 17.8 Å². The lowest BCUT2D eigenvalue weighted by Gasteiger charge is -2.29. The van der Waals surface area contributed by atoms with Gasteiger partial charge in [-0.15, -0.1) is 0 Å². The highest BCUT2D eigenvalue weighted by atomic mass is 35.5. The quantitative estimate of drug-likeness (QED) is 0.686. The van der Waals surface area contributed by atoms with Gasteiger partial charge in [0.15, 0.2) is 0 Å². The molecule has 2 aliphatic rings. The van der Waals surface area contributed by atoms with E-state index in [1.807, 2.05) is 4.90 Å². The molecule has 4 rings (SSSR count). The Morgan fingerprint density at radius 1 is 1.17 bits per heavy atom. The Balaban J connectivity index is 1.66. The molecule has 152 valence electrons. The van der Waals surface area contributed by atoms with Crippen LogP contribution in [0.1, 0.15) is 37.2 Å². The average Bonchev–Trinajstić information content (AvgIpc) is 2.71. The zero-order chi connectivity index (χ0) is 20.5. The van der Waals surface area contributed by atoms with E-state index in [-0.39, 0.29) is 33.8 Å². The van der Waals surface area contributed by atoms with Gasteiger partial charge in [0.1, 0.15) is 5.82 Å². The highest BCUT2D eigenvalue weighted by molar-refractivity contribution is 6.44. The zero-order valence-electron chi connectivity index (χ0n) is 15.4. The first-order chi connectivity index (χ1) is 13.9. The van der Waals surface area contributed by atoms with E-state index in [1.54, 1.807) is 18.2 Å². The maximum Gasteiger partial charge on any atom is 0.258 e. The average molecular weight is 436 g/mol. The Morgan fingerprint density at radius 2 is 1.93 bits per heavy atom. The minimum absolute atomic E-state index is 0.128. The monoisotopic (exact) mass is 435 g/mol. The van der Waals surface area contributed by atoms with Crippen molar-refractivity contribution in [2.45, 2.75) is 31.6 Å². The standard InChI is InChI=1S/C19H19Cl2N5O3/c20-11-5-4-6-12(15(11)21)22-17(28)10-9-13(27)23-16-14(10)18(29)25-19(24-16)26-7-2-1-3-8-26/h4-6,10H,1-3,7-9H2,(H,22,28)(H2,23,24,25,27,29)/t10-/m0/s1. The molecule has 0 aliphatic carbocycles. The Morgan fingerprint density at radius 3 is 2.69 bits per heavy atom. The number of aromatic nitrogens is 2. The number of amides is 2. The summed E-state index contributed by atoms with van der Waals surface area (Å²) in [6, 6.07) is 4.84. The second-order valence-electron chi connectivity index (χ2n) is 7.10. The van der Waals surface area contributed by atoms with Gasteiger partial charge in [0, 0.05) is 19.5 Å². The minimum atomic E-state index is -0.986. The lowest BCUT2D eigenvalue weighted by molar-refractivity contribution is -0.123. The van der Waals surface area contributed by atoms with Crippen LogP contribution < -0.4 is 21.1 Å². The van der Waals surface area contributed by atoms with Crippen LogP contribution in [0.25, 0.3) is 0 Å². The molecule has 1 atom stereocenters. The molecule has 3 N–H and O–H groups in total. The first-order valence-electron chi connectivity index (χ1n) is 9.38. The summed E-state index contributed by atoms with van der Waals surface area (Å²) < 4.78 is 0. The molecular formula is C19H19Cl2N5O3. The normalized spacial score (nSPS) is 18.8. The van der Waals surface area contributed by atoms with E-state index < -0.39 is 17.4 Å². The predicted octanol–water partition coefficient (Wildman–Crippen LogP) is 3.13. The van der Waals surface area contributed by atoms with Crippen LogP contribution in [0.5, 0.6) is 0 Å². The summed E-state index contributed by atoms with van der Waals surface area (Å²) >= 11 is 12.1. The molecule has 2 amide bonds. The van der Waals surface area contributed by atoms with Crippen molar-refractivity contribution in [3.63, 3.8) is 0 Å². The number of rotatable bonds is 3. The SMILES string of the molecule is O=C1C[C@H](C(=O)Nc2cccc(Cl)c2Cl)c2c(nc(N3CCCCC3)[nH]c2=O)N1. The van der Waals surface area contributed by atoms with Crippen LogP contribution in [0.3, 0.4) is 0 Å². The lowest BCUT2D eigenvalue weighted by atomic mass is 9.92. The van der Waals surface area contributed by atoms with Gasteiger partial charge in [-0.2, -0.15) is 4.98 Å². The van der Waals surface area contributed by atoms with Crippen molar-refractivity contribution in [2.24, 2.45) is 0 Å². The number of nitrogens with zero attached hydrogens (tertiary/aromatic N) is 2. The third-order valence-corrected chi connectivity index (χ3v) is 5.94. The second kappa shape index (κ2) is 8.04. The maximum atomic E-state index is 12.9. The van der Waals surface area contributed by atoms with Gasteiger partial charge in [0.05, 0.1) is 27.2 Å². The van der Waals surface area contributed by atoms with E-state index in [2.05, 4.69) is 20.6 Å². The first kappa shape index (κ1) is 19.7. The molecule has 1 aromatic carbocycles. The Kier molecular flexibility index (Phi) is 5.47. The maximum absolute atomic E-state index is 12.9. The summed E-state index contributed by atoms with van der Waals surface area (Å²) in [5, 5.41) is 5.77. The number of piperidine rings is 1. The molecule has 0 spiro atoms. The van der Waals surface area contributed by atoms with Crippen molar-refractivity contribution in [1.82, 2.24) is 9.97 Å². The minimum Gasteiger partial charge on any atom is -0.342 e. The van der Waals surface area contributed by atoms with Gasteiger partial charge in [-0.05, 0) is 31.4 Å². The van der Waals surface area contributed by atoms with E-state index in [9.17, 15) is 14.4 Å². The van der Waals surface area contributed by atoms with Crippen LogP contribution in [-0.2, 0) is 9.59 Å². The van der Waals surface area contributed by atoms with E-state index in [1.165, 1.54) is 0 Å². The molecule has 0 radical (unpaired) electrons. The fourth-order valence-electron chi connectivity index (χ4n) is 3.66. The molecular weight excluding hydrogens is 417 g/mol. The molecule has 0 bridgehead atoms. The van der Waals surface area contributed by atoms with E-state index in [0.29, 0.717) is 11.6 Å². The van der Waals surface area contributed by atoms with Gasteiger partial charge in [-0.3, -0.25) is 19.4 Å². The first-order valence-corrected chi connectivity index (χ1v) is 10.1. The van der Waals surface area contributed by atoms with Crippen LogP contribution in [0, 0.1) is 0 Å². The smallest absolute Gasteiger partial charge is 0.258 e. The van der Waals surface area contributed by atoms with Crippen LogP contribution >= 0.6 is 23.2 Å². The number of hydrogen-bond donors (Lipinski definition) is 3. The summed E-state index contributed by atoms with van der Waals surface area (Å²) in [7, 11) is 0. The van der Waals surface area contributed by atoms with Crippen molar-refractivity contribution < 1.29 is 9.59 Å². The van der Waals surface area contributed by atoms with Crippen LogP contribution in [0.2, 0.25) is 10.0 Å². The predicted molar refractivity (Wildman–Crippen MR) is 112 cm³/mol. The molecule has 1 saturated heterocycles. The number of carbonyl (C=O) groups is 2. The molecule has 1 fully saturated rings. The van der Waals surface area contributed by atoms with Gasteiger partial charge < -0.3 is 15.5 Å². The number of nitrogens with one attached hydrogen (secondary N) is 3. The number of fused-ring (bicyclic) bond motifs is 1. The third-order valence-electron chi connectivity index (χ3n) is 5.12. The van der Waals surface area contributed by atoms with Crippen molar-refractivity contribution in [3.05, 3.63) is 44.2 Å². The van der Waals surface area contributed by atoms with E-state index in [0.717, 1.165) is 32.4 Å². The Labute approximate surface area is 176 Å². The zero-order valence-corrected chi connectivity index (χ0v) is 16.9. The number of hydrogen-bond acceptors (Lipinski definition) is 5. The van der Waals surface area contributed by atoms with Crippen molar-refractivity contribution >= 4 is 52.5 Å². The van der Waals surface area contributed by atoms with Gasteiger partial charge >= 0.3 is 0 Å². The van der Waals surface area contributed by atoms with Crippen LogP contribution in [-0.4, -0.2) is 34.9 Å². The number of carbonyl (C=O) groups excluding carboxylic acids is 2. The topological polar surface area (TPSA) is 107 Å². The van der Waals surface area contributed by atoms with Gasteiger partial charge in [0.25, 0.3) is 5.56 Å². The van der Waals surface area contributed by atoms with Crippen LogP contribution in [0.4, 0.5) is 17.5 Å². The number of anilines is 3. The van der Waals surface area contributed by atoms with Gasteiger partial charge in [-0.25, -0.2) is 0 Å². The van der Waals surface area contributed by atoms with Crippen molar-refractivity contribution in [3.8, 4) is 0 Å². The molecule has 29 heavy (non-hydrogen) atoms. The molecule has 2 aliphatic heterocycles. The fourth-order valence-corrected chi connectivity index (χ4v) is 4.01. The van der Waals surface area contributed by atoms with Crippen molar-refractivity contribution in [1.29, 1.82) is 0 Å². The highest BCUT2D eigenvalue weighted by Crippen LogP contribution is 2.33. The molecule has 2 aromatic rings. The molecule has 8 nitrogen and oxygen atoms in total. The largest absolute Gasteiger partial charge is 0.342 e. The van der Waals surface area contributed by atoms with E-state index >= 15 is 0 Å².